The van der Waals surface area contributed by atoms with Crippen molar-refractivity contribution in [3.63, 3.8) is 0 Å². The summed E-state index contributed by atoms with van der Waals surface area (Å²) in [5, 5.41) is 9.28. The first-order valence-corrected chi connectivity index (χ1v) is 5.33. The number of aliphatic hydroxyl groups is 1. The molecular weight excluding hydrogens is 166 g/mol. The van der Waals surface area contributed by atoms with E-state index >= 15 is 0 Å². The molecule has 1 fully saturated rings. The SMILES string of the molecule is CC1(N)CS(=O)(=O)CCC1O. The van der Waals surface area contributed by atoms with Crippen LogP contribution in [0, 0.1) is 0 Å². The molecule has 0 amide bonds. The molecule has 0 radical (unpaired) electrons. The molecule has 11 heavy (non-hydrogen) atoms. The maximum Gasteiger partial charge on any atom is 0.152 e. The van der Waals surface area contributed by atoms with Crippen molar-refractivity contribution < 1.29 is 13.5 Å². The first-order valence-electron chi connectivity index (χ1n) is 3.51. The Morgan fingerprint density at radius 3 is 2.55 bits per heavy atom. The van der Waals surface area contributed by atoms with Gasteiger partial charge in [-0.05, 0) is 13.3 Å². The summed E-state index contributed by atoms with van der Waals surface area (Å²) in [5.41, 5.74) is 4.61. The highest BCUT2D eigenvalue weighted by atomic mass is 32.2. The topological polar surface area (TPSA) is 80.4 Å². The zero-order valence-corrected chi connectivity index (χ0v) is 7.26. The highest BCUT2D eigenvalue weighted by Crippen LogP contribution is 2.20. The monoisotopic (exact) mass is 179 g/mol. The van der Waals surface area contributed by atoms with Crippen molar-refractivity contribution in [2.75, 3.05) is 11.5 Å². The Labute approximate surface area is 66.3 Å². The minimum atomic E-state index is -3.01. The second kappa shape index (κ2) is 2.43. The molecule has 0 bridgehead atoms. The van der Waals surface area contributed by atoms with E-state index in [9.17, 15) is 13.5 Å². The third-order valence-electron chi connectivity index (χ3n) is 1.99. The van der Waals surface area contributed by atoms with Crippen molar-refractivity contribution in [1.82, 2.24) is 0 Å². The molecule has 1 saturated heterocycles. The van der Waals surface area contributed by atoms with Gasteiger partial charge >= 0.3 is 0 Å². The van der Waals surface area contributed by atoms with Crippen LogP contribution in [0.3, 0.4) is 0 Å². The van der Waals surface area contributed by atoms with Crippen LogP contribution in [0.1, 0.15) is 13.3 Å². The number of sulfone groups is 1. The van der Waals surface area contributed by atoms with Gasteiger partial charge in [-0.1, -0.05) is 0 Å². The second-order valence-electron chi connectivity index (χ2n) is 3.40. The molecule has 0 spiro atoms. The molecule has 4 nitrogen and oxygen atoms in total. The van der Waals surface area contributed by atoms with Crippen molar-refractivity contribution in [2.24, 2.45) is 5.73 Å². The fraction of sp³-hybridized carbons (Fsp3) is 1.00. The molecule has 1 rings (SSSR count). The van der Waals surface area contributed by atoms with Crippen LogP contribution in [-0.2, 0) is 9.84 Å². The number of hydrogen-bond acceptors (Lipinski definition) is 4. The lowest BCUT2D eigenvalue weighted by Crippen LogP contribution is -2.57. The first kappa shape index (κ1) is 8.96. The van der Waals surface area contributed by atoms with Gasteiger partial charge in [0.05, 0.1) is 23.1 Å². The Morgan fingerprint density at radius 1 is 1.64 bits per heavy atom. The van der Waals surface area contributed by atoms with E-state index in [4.69, 9.17) is 5.73 Å². The molecule has 1 heterocycles. The number of aliphatic hydroxyl groups excluding tert-OH is 1. The number of nitrogens with two attached hydrogens (primary N) is 1. The zero-order valence-electron chi connectivity index (χ0n) is 6.45. The Morgan fingerprint density at radius 2 is 2.18 bits per heavy atom. The van der Waals surface area contributed by atoms with Gasteiger partial charge in [-0.15, -0.1) is 0 Å². The van der Waals surface area contributed by atoms with Crippen molar-refractivity contribution >= 4 is 9.84 Å². The minimum absolute atomic E-state index is 0.0565. The Hall–Kier alpha value is -0.130. The average molecular weight is 179 g/mol. The van der Waals surface area contributed by atoms with Crippen LogP contribution in [0.25, 0.3) is 0 Å². The smallest absolute Gasteiger partial charge is 0.152 e. The summed E-state index contributed by atoms with van der Waals surface area (Å²) in [7, 11) is -3.01. The molecule has 3 N–H and O–H groups in total. The molecular formula is C6H13NO3S. The fourth-order valence-corrected chi connectivity index (χ4v) is 3.13. The van der Waals surface area contributed by atoms with Gasteiger partial charge in [-0.3, -0.25) is 0 Å². The lowest BCUT2D eigenvalue weighted by atomic mass is 9.96. The highest BCUT2D eigenvalue weighted by molar-refractivity contribution is 7.91. The lowest BCUT2D eigenvalue weighted by Gasteiger charge is -2.34. The molecule has 0 aromatic rings. The van der Waals surface area contributed by atoms with Crippen molar-refractivity contribution in [1.29, 1.82) is 0 Å². The zero-order chi connectivity index (χ0) is 8.70. The maximum absolute atomic E-state index is 11.0. The standard InChI is InChI=1S/C6H13NO3S/c1-6(7)4-11(9,10)3-2-5(6)8/h5,8H,2-4,7H2,1H3. The molecule has 0 aliphatic carbocycles. The van der Waals surface area contributed by atoms with Crippen LogP contribution >= 0.6 is 0 Å². The Balaban J connectivity index is 2.83. The van der Waals surface area contributed by atoms with E-state index in [1.54, 1.807) is 6.92 Å². The Bertz CT molecular complexity index is 245. The summed E-state index contributed by atoms with van der Waals surface area (Å²) in [6.45, 7) is 1.56. The predicted molar refractivity (Wildman–Crippen MR) is 41.9 cm³/mol. The van der Waals surface area contributed by atoms with E-state index in [0.717, 1.165) is 0 Å². The van der Waals surface area contributed by atoms with Gasteiger partial charge in [-0.25, -0.2) is 8.42 Å². The molecule has 66 valence electrons. The molecule has 1 aliphatic rings. The molecule has 2 atom stereocenters. The van der Waals surface area contributed by atoms with E-state index in [1.807, 2.05) is 0 Å². The quantitative estimate of drug-likeness (QED) is 0.494. The third kappa shape index (κ3) is 1.91. The van der Waals surface area contributed by atoms with Crippen LogP contribution in [0.4, 0.5) is 0 Å². The van der Waals surface area contributed by atoms with E-state index in [2.05, 4.69) is 0 Å². The van der Waals surface area contributed by atoms with Gasteiger partial charge in [0, 0.05) is 0 Å². The van der Waals surface area contributed by atoms with E-state index in [1.165, 1.54) is 0 Å². The van der Waals surface area contributed by atoms with Crippen LogP contribution in [0.2, 0.25) is 0 Å². The largest absolute Gasteiger partial charge is 0.391 e. The van der Waals surface area contributed by atoms with E-state index < -0.39 is 21.5 Å². The summed E-state index contributed by atoms with van der Waals surface area (Å²) < 4.78 is 22.0. The molecule has 1 aliphatic heterocycles. The summed E-state index contributed by atoms with van der Waals surface area (Å²) in [6, 6.07) is 0. The minimum Gasteiger partial charge on any atom is -0.391 e. The summed E-state index contributed by atoms with van der Waals surface area (Å²) in [5.74, 6) is -0.0534. The Kier molecular flexibility index (Phi) is 1.98. The van der Waals surface area contributed by atoms with Gasteiger partial charge in [0.1, 0.15) is 0 Å². The van der Waals surface area contributed by atoms with Crippen LogP contribution < -0.4 is 5.73 Å². The third-order valence-corrected chi connectivity index (χ3v) is 3.91. The maximum atomic E-state index is 11.0. The van der Waals surface area contributed by atoms with E-state index in [0.29, 0.717) is 0 Å². The summed E-state index contributed by atoms with van der Waals surface area (Å²) in [4.78, 5) is 0. The number of hydrogen-bond donors (Lipinski definition) is 2. The molecule has 0 saturated carbocycles. The fourth-order valence-electron chi connectivity index (χ4n) is 1.26. The van der Waals surface area contributed by atoms with Crippen molar-refractivity contribution in [3.05, 3.63) is 0 Å². The van der Waals surface area contributed by atoms with Crippen molar-refractivity contribution in [2.45, 2.75) is 25.0 Å². The average Bonchev–Trinajstić information content (AvgIpc) is 1.77. The molecule has 0 aromatic carbocycles. The van der Waals surface area contributed by atoms with Gasteiger partial charge in [-0.2, -0.15) is 0 Å². The lowest BCUT2D eigenvalue weighted by molar-refractivity contribution is 0.0972. The van der Waals surface area contributed by atoms with E-state index in [-0.39, 0.29) is 17.9 Å². The van der Waals surface area contributed by atoms with Crippen molar-refractivity contribution in [3.8, 4) is 0 Å². The van der Waals surface area contributed by atoms with Crippen LogP contribution in [-0.4, -0.2) is 36.7 Å². The predicted octanol–water partition coefficient (Wildman–Crippen LogP) is -1.12. The van der Waals surface area contributed by atoms with Gasteiger partial charge in [0.25, 0.3) is 0 Å². The number of rotatable bonds is 0. The van der Waals surface area contributed by atoms with Gasteiger partial charge in [0.15, 0.2) is 9.84 Å². The summed E-state index contributed by atoms with van der Waals surface area (Å²) in [6.07, 6.45) is -0.430. The molecule has 2 unspecified atom stereocenters. The van der Waals surface area contributed by atoms with Gasteiger partial charge < -0.3 is 10.8 Å². The van der Waals surface area contributed by atoms with Gasteiger partial charge in [0.2, 0.25) is 0 Å². The van der Waals surface area contributed by atoms with Crippen LogP contribution in [0.5, 0.6) is 0 Å². The van der Waals surface area contributed by atoms with Crippen LogP contribution in [0.15, 0.2) is 0 Å². The summed E-state index contributed by atoms with van der Waals surface area (Å²) >= 11 is 0. The molecule has 5 heteroatoms. The second-order valence-corrected chi connectivity index (χ2v) is 5.59. The first-order chi connectivity index (χ1) is 4.83. The normalized spacial score (nSPS) is 43.7. The highest BCUT2D eigenvalue weighted by Gasteiger charge is 2.38. The molecule has 0 aromatic heterocycles.